The summed E-state index contributed by atoms with van der Waals surface area (Å²) in [5, 5.41) is 26.2. The lowest BCUT2D eigenvalue weighted by atomic mass is 10.0. The molecule has 0 aliphatic rings. The van der Waals surface area contributed by atoms with Gasteiger partial charge in [0.2, 0.25) is 0 Å². The second-order valence-corrected chi connectivity index (χ2v) is 4.25. The molecule has 2 aromatic rings. The fourth-order valence-electron chi connectivity index (χ4n) is 1.51. The van der Waals surface area contributed by atoms with Crippen molar-refractivity contribution in [3.63, 3.8) is 0 Å². The van der Waals surface area contributed by atoms with Crippen LogP contribution in [-0.4, -0.2) is 36.8 Å². The number of nitrogens with zero attached hydrogens (tertiary/aromatic N) is 3. The summed E-state index contributed by atoms with van der Waals surface area (Å²) in [6.45, 7) is 1.23. The molecule has 1 unspecified atom stereocenters. The SMILES string of the molecule is CC(O)(Cc1cn(-c2ccccc2)nn1)C(=O)O. The van der Waals surface area contributed by atoms with Crippen LogP contribution in [0.5, 0.6) is 0 Å². The molecule has 0 bridgehead atoms. The maximum atomic E-state index is 10.8. The summed E-state index contributed by atoms with van der Waals surface area (Å²) in [4.78, 5) is 10.8. The summed E-state index contributed by atoms with van der Waals surface area (Å²) >= 11 is 0. The van der Waals surface area contributed by atoms with Crippen molar-refractivity contribution < 1.29 is 15.0 Å². The lowest BCUT2D eigenvalue weighted by Gasteiger charge is -2.15. The second-order valence-electron chi connectivity index (χ2n) is 4.25. The molecule has 0 radical (unpaired) electrons. The molecule has 6 heteroatoms. The van der Waals surface area contributed by atoms with E-state index in [1.54, 1.807) is 6.20 Å². The Bertz CT molecular complexity index is 549. The summed E-state index contributed by atoms with van der Waals surface area (Å²) in [6.07, 6.45) is 1.52. The summed E-state index contributed by atoms with van der Waals surface area (Å²) in [5.41, 5.74) is -0.588. The van der Waals surface area contributed by atoms with Gasteiger partial charge in [0.15, 0.2) is 5.60 Å². The first-order valence-corrected chi connectivity index (χ1v) is 5.41. The molecule has 1 aromatic heterocycles. The van der Waals surface area contributed by atoms with Gasteiger partial charge in [-0.1, -0.05) is 23.4 Å². The van der Waals surface area contributed by atoms with Crippen LogP contribution in [0.2, 0.25) is 0 Å². The highest BCUT2D eigenvalue weighted by atomic mass is 16.4. The number of benzene rings is 1. The zero-order valence-corrected chi connectivity index (χ0v) is 9.82. The lowest BCUT2D eigenvalue weighted by molar-refractivity contribution is -0.156. The van der Waals surface area contributed by atoms with E-state index in [1.807, 2.05) is 30.3 Å². The fraction of sp³-hybridized carbons (Fsp3) is 0.250. The molecule has 0 saturated heterocycles. The zero-order chi connectivity index (χ0) is 13.2. The van der Waals surface area contributed by atoms with Crippen LogP contribution in [0.25, 0.3) is 5.69 Å². The van der Waals surface area contributed by atoms with Crippen LogP contribution >= 0.6 is 0 Å². The molecule has 0 aliphatic heterocycles. The molecule has 2 N–H and O–H groups in total. The largest absolute Gasteiger partial charge is 0.479 e. The quantitative estimate of drug-likeness (QED) is 0.828. The molecule has 0 amide bonds. The number of rotatable bonds is 4. The van der Waals surface area contributed by atoms with Crippen molar-refractivity contribution in [3.05, 3.63) is 42.2 Å². The molecule has 94 valence electrons. The fourth-order valence-corrected chi connectivity index (χ4v) is 1.51. The molecule has 0 aliphatic carbocycles. The lowest BCUT2D eigenvalue weighted by Crippen LogP contribution is -2.37. The number of aliphatic hydroxyl groups is 1. The molecule has 6 nitrogen and oxygen atoms in total. The maximum absolute atomic E-state index is 10.8. The number of hydrogen-bond donors (Lipinski definition) is 2. The molecular formula is C12H13N3O3. The monoisotopic (exact) mass is 247 g/mol. The van der Waals surface area contributed by atoms with Gasteiger partial charge in [0.05, 0.1) is 17.6 Å². The number of carboxylic acids is 1. The van der Waals surface area contributed by atoms with E-state index in [0.717, 1.165) is 5.69 Å². The molecule has 0 saturated carbocycles. The average molecular weight is 247 g/mol. The van der Waals surface area contributed by atoms with Crippen LogP contribution in [0.15, 0.2) is 36.5 Å². The molecule has 18 heavy (non-hydrogen) atoms. The predicted molar refractivity (Wildman–Crippen MR) is 63.3 cm³/mol. The Labute approximate surface area is 103 Å². The molecule has 1 atom stereocenters. The first-order chi connectivity index (χ1) is 8.49. The Kier molecular flexibility index (Phi) is 3.12. The van der Waals surface area contributed by atoms with E-state index in [9.17, 15) is 9.90 Å². The van der Waals surface area contributed by atoms with Gasteiger partial charge < -0.3 is 10.2 Å². The van der Waals surface area contributed by atoms with Crippen molar-refractivity contribution in [3.8, 4) is 5.69 Å². The molecule has 2 rings (SSSR count). The smallest absolute Gasteiger partial charge is 0.335 e. The Morgan fingerprint density at radius 3 is 2.67 bits per heavy atom. The Hall–Kier alpha value is -2.21. The van der Waals surface area contributed by atoms with Crippen molar-refractivity contribution in [1.82, 2.24) is 15.0 Å². The first-order valence-electron chi connectivity index (χ1n) is 5.41. The first kappa shape index (κ1) is 12.3. The van der Waals surface area contributed by atoms with Gasteiger partial charge in [-0.3, -0.25) is 0 Å². The van der Waals surface area contributed by atoms with Gasteiger partial charge in [-0.2, -0.15) is 0 Å². The highest BCUT2D eigenvalue weighted by Crippen LogP contribution is 2.13. The van der Waals surface area contributed by atoms with E-state index in [-0.39, 0.29) is 6.42 Å². The normalized spacial score (nSPS) is 14.1. The minimum atomic E-state index is -1.84. The third-order valence-corrected chi connectivity index (χ3v) is 2.55. The van der Waals surface area contributed by atoms with E-state index in [1.165, 1.54) is 11.6 Å². The minimum absolute atomic E-state index is 0.0881. The van der Waals surface area contributed by atoms with Crippen molar-refractivity contribution in [2.45, 2.75) is 18.9 Å². The van der Waals surface area contributed by atoms with Crippen molar-refractivity contribution in [2.24, 2.45) is 0 Å². The topological polar surface area (TPSA) is 88.2 Å². The van der Waals surface area contributed by atoms with Gasteiger partial charge in [-0.15, -0.1) is 5.10 Å². The van der Waals surface area contributed by atoms with Crippen molar-refractivity contribution in [1.29, 1.82) is 0 Å². The number of para-hydroxylation sites is 1. The van der Waals surface area contributed by atoms with Gasteiger partial charge >= 0.3 is 5.97 Å². The molecule has 0 spiro atoms. The number of aromatic nitrogens is 3. The van der Waals surface area contributed by atoms with Crippen LogP contribution in [0.1, 0.15) is 12.6 Å². The van der Waals surface area contributed by atoms with Crippen LogP contribution in [0, 0.1) is 0 Å². The predicted octanol–water partition coefficient (Wildman–Crippen LogP) is 0.645. The summed E-state index contributed by atoms with van der Waals surface area (Å²) in [6, 6.07) is 9.33. The molecule has 0 fully saturated rings. The van der Waals surface area contributed by atoms with Crippen LogP contribution < -0.4 is 0 Å². The van der Waals surface area contributed by atoms with Crippen LogP contribution in [0.4, 0.5) is 0 Å². The van der Waals surface area contributed by atoms with Crippen LogP contribution in [0.3, 0.4) is 0 Å². The number of carbonyl (C=O) groups is 1. The Morgan fingerprint density at radius 2 is 2.06 bits per heavy atom. The number of aliphatic carboxylic acids is 1. The highest BCUT2D eigenvalue weighted by Gasteiger charge is 2.31. The summed E-state index contributed by atoms with van der Waals surface area (Å²) < 4.78 is 1.53. The summed E-state index contributed by atoms with van der Waals surface area (Å²) in [7, 11) is 0. The average Bonchev–Trinajstić information content (AvgIpc) is 2.78. The third-order valence-electron chi connectivity index (χ3n) is 2.55. The molecule has 1 aromatic carbocycles. The summed E-state index contributed by atoms with van der Waals surface area (Å²) in [5.74, 6) is -1.28. The van der Waals surface area contributed by atoms with Crippen LogP contribution in [-0.2, 0) is 11.2 Å². The van der Waals surface area contributed by atoms with Gasteiger partial charge in [0, 0.05) is 6.42 Å². The zero-order valence-electron chi connectivity index (χ0n) is 9.82. The van der Waals surface area contributed by atoms with Gasteiger partial charge in [-0.25, -0.2) is 9.48 Å². The van der Waals surface area contributed by atoms with E-state index in [4.69, 9.17) is 5.11 Å². The third kappa shape index (κ3) is 2.54. The second kappa shape index (κ2) is 4.58. The van der Waals surface area contributed by atoms with E-state index < -0.39 is 11.6 Å². The molecule has 1 heterocycles. The van der Waals surface area contributed by atoms with E-state index in [0.29, 0.717) is 5.69 Å². The Balaban J connectivity index is 2.19. The standard InChI is InChI=1S/C12H13N3O3/c1-12(18,11(16)17)7-9-8-15(14-13-9)10-5-3-2-4-6-10/h2-6,8,18H,7H2,1H3,(H,16,17). The Morgan fingerprint density at radius 1 is 1.39 bits per heavy atom. The van der Waals surface area contributed by atoms with Crippen molar-refractivity contribution >= 4 is 5.97 Å². The van der Waals surface area contributed by atoms with Gasteiger partial charge in [0.25, 0.3) is 0 Å². The maximum Gasteiger partial charge on any atom is 0.335 e. The van der Waals surface area contributed by atoms with E-state index >= 15 is 0 Å². The van der Waals surface area contributed by atoms with E-state index in [2.05, 4.69) is 10.3 Å². The van der Waals surface area contributed by atoms with Gasteiger partial charge in [-0.05, 0) is 19.1 Å². The number of hydrogen-bond acceptors (Lipinski definition) is 4. The highest BCUT2D eigenvalue weighted by molar-refractivity contribution is 5.76. The number of carboxylic acid groups (broad SMARTS) is 1. The van der Waals surface area contributed by atoms with Crippen molar-refractivity contribution in [2.75, 3.05) is 0 Å². The minimum Gasteiger partial charge on any atom is -0.479 e. The van der Waals surface area contributed by atoms with Gasteiger partial charge in [0.1, 0.15) is 0 Å². The molecular weight excluding hydrogens is 234 g/mol.